The first kappa shape index (κ1) is 87.7. The van der Waals surface area contributed by atoms with Gasteiger partial charge in [-0.1, -0.05) is 358 Å². The third-order valence-electron chi connectivity index (χ3n) is 17.7. The van der Waals surface area contributed by atoms with E-state index < -0.39 is 20.0 Å². The number of hydrogen-bond acceptors (Lipinski definition) is 6. The fraction of sp³-hybridized carbons (Fsp3) is 0.850. The lowest BCUT2D eigenvalue weighted by molar-refractivity contribution is -0.870. The Bertz CT molecular complexity index is 1720. The van der Waals surface area contributed by atoms with Crippen molar-refractivity contribution in [3.63, 3.8) is 0 Å². The van der Waals surface area contributed by atoms with Crippen molar-refractivity contribution in [3.8, 4) is 0 Å². The number of phosphoric ester groups is 1. The van der Waals surface area contributed by atoms with Gasteiger partial charge in [0, 0.05) is 12.8 Å². The third-order valence-corrected chi connectivity index (χ3v) is 18.7. The number of nitrogens with zero attached hydrogens (tertiary/aromatic N) is 1. The van der Waals surface area contributed by atoms with Crippen molar-refractivity contribution in [2.75, 3.05) is 40.9 Å². The van der Waals surface area contributed by atoms with Gasteiger partial charge >= 0.3 is 13.8 Å². The van der Waals surface area contributed by atoms with Gasteiger partial charge in [-0.15, -0.1) is 0 Å². The molecule has 0 aromatic carbocycles. The molecule has 0 radical (unpaired) electrons. The smallest absolute Gasteiger partial charge is 0.456 e. The van der Waals surface area contributed by atoms with E-state index in [0.717, 1.165) is 89.9 Å². The quantitative estimate of drug-likeness (QED) is 0.0205. The average molecular weight is 1290 g/mol. The maximum absolute atomic E-state index is 13.7. The molecule has 1 amide bonds. The van der Waals surface area contributed by atoms with Crippen LogP contribution in [0.4, 0.5) is 0 Å². The van der Waals surface area contributed by atoms with E-state index in [2.05, 4.69) is 74.7 Å². The zero-order valence-corrected chi connectivity index (χ0v) is 61.5. The largest absolute Gasteiger partial charge is 0.472 e. The number of likely N-dealkylation sites (N-methyl/N-ethyl adjacent to an activating group) is 1. The molecule has 3 atom stereocenters. The first-order valence-electron chi connectivity index (χ1n) is 39.1. The van der Waals surface area contributed by atoms with Crippen molar-refractivity contribution in [2.45, 2.75) is 399 Å². The molecule has 0 fully saturated rings. The number of unbranched alkanes of at least 4 members (excludes halogenated alkanes) is 48. The van der Waals surface area contributed by atoms with E-state index in [9.17, 15) is 19.0 Å². The number of rotatable bonds is 72. The van der Waals surface area contributed by atoms with E-state index in [1.54, 1.807) is 0 Å². The Balaban J connectivity index is 4.94. The van der Waals surface area contributed by atoms with Crippen molar-refractivity contribution in [1.82, 2.24) is 5.32 Å². The number of esters is 1. The minimum absolute atomic E-state index is 0.0396. The van der Waals surface area contributed by atoms with Gasteiger partial charge in [0.15, 0.2) is 0 Å². The van der Waals surface area contributed by atoms with E-state index in [1.165, 1.54) is 263 Å². The lowest BCUT2D eigenvalue weighted by Crippen LogP contribution is -2.47. The normalized spacial score (nSPS) is 13.7. The Hall–Kier alpha value is -2.29. The van der Waals surface area contributed by atoms with Crippen molar-refractivity contribution in [1.29, 1.82) is 0 Å². The molecule has 2 N–H and O–H groups in total. The molecule has 10 heteroatoms. The first-order chi connectivity index (χ1) is 43.9. The summed E-state index contributed by atoms with van der Waals surface area (Å²) in [7, 11) is 1.50. The van der Waals surface area contributed by atoms with Crippen LogP contribution in [0, 0.1) is 0 Å². The molecule has 0 aromatic rings. The zero-order valence-electron chi connectivity index (χ0n) is 60.6. The van der Waals surface area contributed by atoms with E-state index in [4.69, 9.17) is 13.8 Å². The van der Waals surface area contributed by atoms with Crippen LogP contribution in [0.5, 0.6) is 0 Å². The average Bonchev–Trinajstić information content (AvgIpc) is 3.11. The summed E-state index contributed by atoms with van der Waals surface area (Å²) in [6, 6.07) is -0.853. The minimum atomic E-state index is -4.46. The van der Waals surface area contributed by atoms with Crippen molar-refractivity contribution in [2.24, 2.45) is 0 Å². The second-order valence-electron chi connectivity index (χ2n) is 27.9. The summed E-state index contributed by atoms with van der Waals surface area (Å²) in [5.41, 5.74) is 0. The second kappa shape index (κ2) is 69.5. The summed E-state index contributed by atoms with van der Waals surface area (Å²) < 4.78 is 30.9. The predicted octanol–water partition coefficient (Wildman–Crippen LogP) is 25.3. The summed E-state index contributed by atoms with van der Waals surface area (Å²) in [5, 5.41) is 3.08. The number of carbonyl (C=O) groups excluding carboxylic acids is 2. The van der Waals surface area contributed by atoms with Crippen LogP contribution in [0.3, 0.4) is 0 Å². The van der Waals surface area contributed by atoms with Gasteiger partial charge in [0.1, 0.15) is 19.3 Å². The summed E-state index contributed by atoms with van der Waals surface area (Å²) in [6.45, 7) is 7.04. The van der Waals surface area contributed by atoms with Crippen molar-refractivity contribution < 1.29 is 37.3 Å². The van der Waals surface area contributed by atoms with Crippen LogP contribution in [0.25, 0.3) is 0 Å². The molecule has 90 heavy (non-hydrogen) atoms. The molecule has 0 aromatic heterocycles. The van der Waals surface area contributed by atoms with E-state index in [1.807, 2.05) is 33.3 Å². The van der Waals surface area contributed by atoms with Gasteiger partial charge in [-0.3, -0.25) is 18.6 Å². The van der Waals surface area contributed by atoms with Gasteiger partial charge in [-0.25, -0.2) is 4.57 Å². The highest BCUT2D eigenvalue weighted by Gasteiger charge is 2.30. The molecular formula is C80H152N2O7P+. The van der Waals surface area contributed by atoms with Gasteiger partial charge in [0.05, 0.1) is 33.8 Å². The minimum Gasteiger partial charge on any atom is -0.456 e. The highest BCUT2D eigenvalue weighted by atomic mass is 31.2. The number of ether oxygens (including phenoxy) is 1. The van der Waals surface area contributed by atoms with Crippen LogP contribution in [-0.4, -0.2) is 74.3 Å². The first-order valence-corrected chi connectivity index (χ1v) is 40.6. The number of hydrogen-bond donors (Lipinski definition) is 2. The number of nitrogens with one attached hydrogen (secondary N) is 1. The van der Waals surface area contributed by atoms with Crippen molar-refractivity contribution >= 4 is 19.7 Å². The Labute approximate surface area is 560 Å². The zero-order chi connectivity index (χ0) is 65.6. The molecule has 0 bridgehead atoms. The highest BCUT2D eigenvalue weighted by molar-refractivity contribution is 7.47. The molecule has 9 nitrogen and oxygen atoms in total. The molecular weight excluding hydrogens is 1130 g/mol. The fourth-order valence-electron chi connectivity index (χ4n) is 11.7. The summed E-state index contributed by atoms with van der Waals surface area (Å²) in [4.78, 5) is 38.0. The van der Waals surface area contributed by atoms with E-state index in [0.29, 0.717) is 23.9 Å². The topological polar surface area (TPSA) is 111 Å². The number of allylic oxidation sites excluding steroid dienone is 9. The second-order valence-corrected chi connectivity index (χ2v) is 29.3. The Morgan fingerprint density at radius 3 is 1.03 bits per heavy atom. The summed E-state index contributed by atoms with van der Waals surface area (Å²) in [5.74, 6) is -0.494. The molecule has 0 saturated heterocycles. The molecule has 528 valence electrons. The van der Waals surface area contributed by atoms with Crippen LogP contribution in [0.15, 0.2) is 60.8 Å². The van der Waals surface area contributed by atoms with Gasteiger partial charge in [-0.2, -0.15) is 0 Å². The molecule has 0 spiro atoms. The highest BCUT2D eigenvalue weighted by Crippen LogP contribution is 2.43. The van der Waals surface area contributed by atoms with Crippen LogP contribution in [0.1, 0.15) is 387 Å². The number of carbonyl (C=O) groups is 2. The Morgan fingerprint density at radius 2 is 0.678 bits per heavy atom. The van der Waals surface area contributed by atoms with Gasteiger partial charge in [0.25, 0.3) is 0 Å². The lowest BCUT2D eigenvalue weighted by Gasteiger charge is -2.27. The van der Waals surface area contributed by atoms with Gasteiger partial charge in [0.2, 0.25) is 5.91 Å². The third kappa shape index (κ3) is 70.0. The fourth-order valence-corrected chi connectivity index (χ4v) is 12.4. The summed E-state index contributed by atoms with van der Waals surface area (Å²) >= 11 is 0. The van der Waals surface area contributed by atoms with Crippen molar-refractivity contribution in [3.05, 3.63) is 60.8 Å². The predicted molar refractivity (Wildman–Crippen MR) is 392 cm³/mol. The standard InChI is InChI=1S/C80H151N2O7P/c1-7-10-13-16-19-22-25-28-30-32-34-36-38-40-41-43-45-47-49-51-53-55-58-61-64-67-70-73-80(84)89-78(71-68-65-62-59-56-27-24-21-18-15-12-9-3)77(76-88-90(85,86)87-75-74-82(4,5)6)81-79(83)72-69-66-63-60-57-54-52-50-48-46-44-42-39-37-35-33-31-29-26-23-20-17-14-11-8-2/h20,23,29,31,35,37,42,44,68,71,77-78H,7-19,21-22,24-28,30,32-34,36,38-41,43,45-67,69-70,72-76H2,1-6H3,(H-,81,83,85,86)/p+1/b23-20-,31-29-,37-35-,44-42-,71-68+. The molecule has 0 rings (SSSR count). The maximum atomic E-state index is 13.7. The Kier molecular flexibility index (Phi) is 67.8. The molecule has 0 aliphatic carbocycles. The SMILES string of the molecule is CCCCC/C=C\C/C=C\C/C=C\C/C=C\CCCCCCCCCCCC(=O)NC(COP(=O)(O)OCC[N+](C)(C)C)C(/C=C/CCCCCCCCCCCC)OC(=O)CCCCCCCCCCCCCCCCCCCCCCCCCCCCC. The summed E-state index contributed by atoms with van der Waals surface area (Å²) in [6.07, 6.45) is 91.1. The van der Waals surface area contributed by atoms with E-state index in [-0.39, 0.29) is 25.1 Å². The van der Waals surface area contributed by atoms with Crippen LogP contribution < -0.4 is 5.32 Å². The van der Waals surface area contributed by atoms with Gasteiger partial charge in [-0.05, 0) is 76.7 Å². The van der Waals surface area contributed by atoms with Gasteiger partial charge < -0.3 is 19.4 Å². The molecule has 0 aliphatic rings. The molecule has 0 aliphatic heterocycles. The molecule has 0 saturated carbocycles. The maximum Gasteiger partial charge on any atom is 0.472 e. The van der Waals surface area contributed by atoms with Crippen LogP contribution >= 0.6 is 7.82 Å². The molecule has 3 unspecified atom stereocenters. The monoisotopic (exact) mass is 1280 g/mol. The van der Waals surface area contributed by atoms with Crippen LogP contribution in [0.2, 0.25) is 0 Å². The number of quaternary nitrogens is 1. The lowest BCUT2D eigenvalue weighted by atomic mass is 10.0. The van der Waals surface area contributed by atoms with Crippen LogP contribution in [-0.2, 0) is 27.9 Å². The number of phosphoric acid groups is 1. The number of amides is 1. The molecule has 0 heterocycles. The van der Waals surface area contributed by atoms with E-state index >= 15 is 0 Å². The Morgan fingerprint density at radius 1 is 0.389 bits per heavy atom.